The minimum absolute atomic E-state index is 0.365. The Labute approximate surface area is 89.7 Å². The molecule has 1 N–H and O–H groups in total. The molecule has 1 aliphatic rings. The number of anilines is 1. The molecule has 0 aromatic carbocycles. The molecule has 7 heteroatoms. The number of aliphatic hydroxyl groups is 1. The zero-order valence-corrected chi connectivity index (χ0v) is 8.28. The molecule has 0 radical (unpaired) electrons. The Morgan fingerprint density at radius 2 is 2.06 bits per heavy atom. The van der Waals surface area contributed by atoms with Gasteiger partial charge in [0, 0.05) is 13.1 Å². The first-order valence-corrected chi connectivity index (χ1v) is 4.81. The monoisotopic (exact) mass is 233 g/mol. The number of β-amino-alcohol motifs (C(OH)–C–C–N with tert-alkyl or cyclic N) is 1. The van der Waals surface area contributed by atoms with E-state index in [1.54, 1.807) is 4.90 Å². The summed E-state index contributed by atoms with van der Waals surface area (Å²) in [5.74, 6) is 0.365. The number of aliphatic hydroxyl groups excluding tert-OH is 1. The Hall–Kier alpha value is -1.37. The number of nitrogens with zero attached hydrogens (tertiary/aromatic N) is 3. The van der Waals surface area contributed by atoms with E-state index in [2.05, 4.69) is 10.2 Å². The Bertz CT molecular complexity index is 365. The van der Waals surface area contributed by atoms with Crippen molar-refractivity contribution in [1.82, 2.24) is 10.2 Å². The summed E-state index contributed by atoms with van der Waals surface area (Å²) in [5.41, 5.74) is -1.00. The molecule has 0 aliphatic carbocycles. The van der Waals surface area contributed by atoms with E-state index in [4.69, 9.17) is 0 Å². The Morgan fingerprint density at radius 1 is 1.31 bits per heavy atom. The molecule has 16 heavy (non-hydrogen) atoms. The molecule has 4 nitrogen and oxygen atoms in total. The van der Waals surface area contributed by atoms with Crippen LogP contribution in [0.2, 0.25) is 0 Å². The zero-order valence-electron chi connectivity index (χ0n) is 8.28. The van der Waals surface area contributed by atoms with Crippen LogP contribution in [0, 0.1) is 0 Å². The quantitative estimate of drug-likeness (QED) is 0.788. The van der Waals surface area contributed by atoms with Gasteiger partial charge in [-0.05, 0) is 18.6 Å². The number of rotatable bonds is 1. The predicted molar refractivity (Wildman–Crippen MR) is 49.9 cm³/mol. The van der Waals surface area contributed by atoms with Crippen LogP contribution < -0.4 is 4.90 Å². The zero-order chi connectivity index (χ0) is 11.8. The molecular formula is C9H10F3N3O. The van der Waals surface area contributed by atoms with Gasteiger partial charge in [0.2, 0.25) is 0 Å². The minimum Gasteiger partial charge on any atom is -0.391 e. The number of aromatic nitrogens is 2. The number of hydrogen-bond acceptors (Lipinski definition) is 4. The van der Waals surface area contributed by atoms with Crippen molar-refractivity contribution in [3.05, 3.63) is 17.8 Å². The normalized spacial score (nSPS) is 21.5. The molecule has 1 aromatic rings. The molecule has 2 heterocycles. The van der Waals surface area contributed by atoms with Crippen LogP contribution in [0.25, 0.3) is 0 Å². The Morgan fingerprint density at radius 3 is 2.50 bits per heavy atom. The summed E-state index contributed by atoms with van der Waals surface area (Å²) >= 11 is 0. The Kier molecular flexibility index (Phi) is 2.71. The van der Waals surface area contributed by atoms with Crippen LogP contribution >= 0.6 is 0 Å². The van der Waals surface area contributed by atoms with Crippen LogP contribution in [0.3, 0.4) is 0 Å². The standard InChI is InChI=1S/C9H10F3N3O/c10-9(11,12)7-1-2-8(14-13-7)15-4-3-6(16)5-15/h1-2,6,16H,3-5H2/t6-/m1/s1. The lowest BCUT2D eigenvalue weighted by Crippen LogP contribution is -2.23. The van der Waals surface area contributed by atoms with E-state index in [1.807, 2.05) is 0 Å². The van der Waals surface area contributed by atoms with Crippen LogP contribution in [-0.2, 0) is 6.18 Å². The molecule has 1 saturated heterocycles. The first-order chi connectivity index (χ1) is 7.47. The third-order valence-electron chi connectivity index (χ3n) is 2.43. The van der Waals surface area contributed by atoms with Gasteiger partial charge in [-0.3, -0.25) is 0 Å². The van der Waals surface area contributed by atoms with Crippen LogP contribution in [0.1, 0.15) is 12.1 Å². The average molecular weight is 233 g/mol. The molecule has 2 rings (SSSR count). The maximum atomic E-state index is 12.2. The molecular weight excluding hydrogens is 223 g/mol. The third-order valence-corrected chi connectivity index (χ3v) is 2.43. The lowest BCUT2D eigenvalue weighted by atomic mass is 10.3. The van der Waals surface area contributed by atoms with Crippen molar-refractivity contribution in [2.24, 2.45) is 0 Å². The van der Waals surface area contributed by atoms with E-state index in [0.717, 1.165) is 6.07 Å². The fourth-order valence-corrected chi connectivity index (χ4v) is 1.59. The van der Waals surface area contributed by atoms with Gasteiger partial charge >= 0.3 is 6.18 Å². The van der Waals surface area contributed by atoms with Gasteiger partial charge in [0.1, 0.15) is 0 Å². The number of halogens is 3. The summed E-state index contributed by atoms with van der Waals surface area (Å²) in [4.78, 5) is 1.71. The summed E-state index contributed by atoms with van der Waals surface area (Å²) in [7, 11) is 0. The van der Waals surface area contributed by atoms with Crippen molar-refractivity contribution in [2.75, 3.05) is 18.0 Å². The highest BCUT2D eigenvalue weighted by Crippen LogP contribution is 2.28. The van der Waals surface area contributed by atoms with Crippen molar-refractivity contribution < 1.29 is 18.3 Å². The van der Waals surface area contributed by atoms with E-state index in [9.17, 15) is 18.3 Å². The smallest absolute Gasteiger partial charge is 0.391 e. The second-order valence-corrected chi connectivity index (χ2v) is 3.66. The third kappa shape index (κ3) is 2.24. The van der Waals surface area contributed by atoms with Crippen LogP contribution in [-0.4, -0.2) is 34.5 Å². The van der Waals surface area contributed by atoms with Gasteiger partial charge in [-0.25, -0.2) is 0 Å². The first-order valence-electron chi connectivity index (χ1n) is 4.81. The first kappa shape index (κ1) is 11.1. The SMILES string of the molecule is O[C@@H]1CCN(c2ccc(C(F)(F)F)nn2)C1. The summed E-state index contributed by atoms with van der Waals surface area (Å²) < 4.78 is 36.6. The van der Waals surface area contributed by atoms with E-state index in [0.29, 0.717) is 25.3 Å². The number of hydrogen-bond donors (Lipinski definition) is 1. The molecule has 0 unspecified atom stereocenters. The molecule has 1 atom stereocenters. The fourth-order valence-electron chi connectivity index (χ4n) is 1.59. The van der Waals surface area contributed by atoms with E-state index in [-0.39, 0.29) is 0 Å². The molecule has 88 valence electrons. The second-order valence-electron chi connectivity index (χ2n) is 3.66. The lowest BCUT2D eigenvalue weighted by Gasteiger charge is -2.15. The largest absolute Gasteiger partial charge is 0.435 e. The van der Waals surface area contributed by atoms with Crippen molar-refractivity contribution in [1.29, 1.82) is 0 Å². The summed E-state index contributed by atoms with van der Waals surface area (Å²) in [6, 6.07) is 2.17. The van der Waals surface area contributed by atoms with E-state index < -0.39 is 18.0 Å². The van der Waals surface area contributed by atoms with Crippen molar-refractivity contribution in [3.63, 3.8) is 0 Å². The number of alkyl halides is 3. The van der Waals surface area contributed by atoms with E-state index in [1.165, 1.54) is 6.07 Å². The van der Waals surface area contributed by atoms with Crippen molar-refractivity contribution in [2.45, 2.75) is 18.7 Å². The topological polar surface area (TPSA) is 49.2 Å². The second kappa shape index (κ2) is 3.89. The maximum Gasteiger partial charge on any atom is 0.435 e. The molecule has 1 aromatic heterocycles. The van der Waals surface area contributed by atoms with Gasteiger partial charge < -0.3 is 10.0 Å². The van der Waals surface area contributed by atoms with Crippen molar-refractivity contribution >= 4 is 5.82 Å². The van der Waals surface area contributed by atoms with Crippen molar-refractivity contribution in [3.8, 4) is 0 Å². The Balaban J connectivity index is 2.14. The molecule has 0 amide bonds. The minimum atomic E-state index is -4.46. The van der Waals surface area contributed by atoms with Gasteiger partial charge in [0.15, 0.2) is 11.5 Å². The van der Waals surface area contributed by atoms with Gasteiger partial charge in [-0.15, -0.1) is 10.2 Å². The molecule has 0 spiro atoms. The highest BCUT2D eigenvalue weighted by Gasteiger charge is 2.33. The predicted octanol–water partition coefficient (Wildman–Crippen LogP) is 1.07. The van der Waals surface area contributed by atoms with E-state index >= 15 is 0 Å². The van der Waals surface area contributed by atoms with Gasteiger partial charge in [0.05, 0.1) is 6.10 Å². The van der Waals surface area contributed by atoms with Gasteiger partial charge in [0.25, 0.3) is 0 Å². The highest BCUT2D eigenvalue weighted by atomic mass is 19.4. The molecule has 1 fully saturated rings. The van der Waals surface area contributed by atoms with Crippen LogP contribution in [0.5, 0.6) is 0 Å². The van der Waals surface area contributed by atoms with Crippen LogP contribution in [0.4, 0.5) is 19.0 Å². The maximum absolute atomic E-state index is 12.2. The highest BCUT2D eigenvalue weighted by molar-refractivity contribution is 5.39. The summed E-state index contributed by atoms with van der Waals surface area (Å²) in [5, 5.41) is 15.9. The summed E-state index contributed by atoms with van der Waals surface area (Å²) in [6.07, 6.45) is -4.30. The molecule has 0 bridgehead atoms. The lowest BCUT2D eigenvalue weighted by molar-refractivity contribution is -0.141. The average Bonchev–Trinajstić information content (AvgIpc) is 2.64. The van der Waals surface area contributed by atoms with Crippen LogP contribution in [0.15, 0.2) is 12.1 Å². The molecule has 0 saturated carbocycles. The molecule has 1 aliphatic heterocycles. The van der Waals surface area contributed by atoms with Gasteiger partial charge in [-0.2, -0.15) is 13.2 Å². The fraction of sp³-hybridized carbons (Fsp3) is 0.556. The van der Waals surface area contributed by atoms with Gasteiger partial charge in [-0.1, -0.05) is 0 Å². The summed E-state index contributed by atoms with van der Waals surface area (Å²) in [6.45, 7) is 0.973.